The van der Waals surface area contributed by atoms with E-state index in [0.717, 1.165) is 12.3 Å². The van der Waals surface area contributed by atoms with E-state index >= 15 is 0 Å². The Bertz CT molecular complexity index is 832. The van der Waals surface area contributed by atoms with Gasteiger partial charge in [0.15, 0.2) is 0 Å². The first kappa shape index (κ1) is 18.0. The standard InChI is InChI=1S/C17H16F3N3O3/c18-17(19,20)14-7-8-21-23(14)12-5-3-4-11(10-12)15(24)22-9-2-1-6-13(22)16(25)26/h3-5,7-8,10,13H,1-2,6,9H2,(H,25,26). The third kappa shape index (κ3) is 3.42. The molecule has 0 aliphatic carbocycles. The van der Waals surface area contributed by atoms with Gasteiger partial charge in [0.05, 0.1) is 11.9 Å². The first-order chi connectivity index (χ1) is 12.3. The fourth-order valence-corrected chi connectivity index (χ4v) is 3.09. The lowest BCUT2D eigenvalue weighted by Gasteiger charge is -2.33. The Morgan fingerprint density at radius 3 is 2.65 bits per heavy atom. The number of amides is 1. The van der Waals surface area contributed by atoms with Gasteiger partial charge in [-0.3, -0.25) is 4.79 Å². The van der Waals surface area contributed by atoms with Crippen LogP contribution in [0, 0.1) is 0 Å². The Balaban J connectivity index is 1.94. The van der Waals surface area contributed by atoms with Crippen molar-refractivity contribution in [1.29, 1.82) is 0 Å². The lowest BCUT2D eigenvalue weighted by Crippen LogP contribution is -2.48. The summed E-state index contributed by atoms with van der Waals surface area (Å²) < 4.78 is 39.9. The molecule has 1 N–H and O–H groups in total. The van der Waals surface area contributed by atoms with Crippen molar-refractivity contribution in [2.45, 2.75) is 31.5 Å². The molecule has 1 fully saturated rings. The van der Waals surface area contributed by atoms with Crippen molar-refractivity contribution >= 4 is 11.9 Å². The van der Waals surface area contributed by atoms with Gasteiger partial charge in [-0.05, 0) is 43.5 Å². The molecule has 0 spiro atoms. The van der Waals surface area contributed by atoms with Crippen molar-refractivity contribution in [3.63, 3.8) is 0 Å². The molecule has 2 heterocycles. The van der Waals surface area contributed by atoms with Gasteiger partial charge < -0.3 is 10.0 Å². The van der Waals surface area contributed by atoms with Crippen LogP contribution in [-0.2, 0) is 11.0 Å². The zero-order valence-electron chi connectivity index (χ0n) is 13.6. The van der Waals surface area contributed by atoms with E-state index < -0.39 is 29.8 Å². The lowest BCUT2D eigenvalue weighted by molar-refractivity contribution is -0.144. The zero-order valence-corrected chi connectivity index (χ0v) is 13.6. The highest BCUT2D eigenvalue weighted by molar-refractivity contribution is 5.97. The second-order valence-corrected chi connectivity index (χ2v) is 6.02. The number of aromatic nitrogens is 2. The molecule has 26 heavy (non-hydrogen) atoms. The van der Waals surface area contributed by atoms with E-state index in [1.807, 2.05) is 0 Å². The van der Waals surface area contributed by atoms with Crippen molar-refractivity contribution in [3.05, 3.63) is 47.8 Å². The molecule has 1 aromatic heterocycles. The third-order valence-electron chi connectivity index (χ3n) is 4.32. The van der Waals surface area contributed by atoms with E-state index in [1.165, 1.54) is 29.2 Å². The third-order valence-corrected chi connectivity index (χ3v) is 4.32. The Kier molecular flexibility index (Phi) is 4.71. The highest BCUT2D eigenvalue weighted by Gasteiger charge is 2.36. The molecular weight excluding hydrogens is 351 g/mol. The topological polar surface area (TPSA) is 75.4 Å². The van der Waals surface area contributed by atoms with Crippen LogP contribution >= 0.6 is 0 Å². The second-order valence-electron chi connectivity index (χ2n) is 6.02. The van der Waals surface area contributed by atoms with Gasteiger partial charge in [-0.2, -0.15) is 18.3 Å². The number of carbonyl (C=O) groups is 2. The average molecular weight is 367 g/mol. The minimum Gasteiger partial charge on any atom is -0.480 e. The molecule has 0 saturated carbocycles. The lowest BCUT2D eigenvalue weighted by atomic mass is 10.0. The first-order valence-electron chi connectivity index (χ1n) is 8.04. The largest absolute Gasteiger partial charge is 0.480 e. The number of alkyl halides is 3. The van der Waals surface area contributed by atoms with Crippen LogP contribution in [0.3, 0.4) is 0 Å². The SMILES string of the molecule is O=C(O)C1CCCCN1C(=O)c1cccc(-n2nccc2C(F)(F)F)c1. The summed E-state index contributed by atoms with van der Waals surface area (Å²) in [5, 5.41) is 13.0. The number of carboxylic acids is 1. The molecule has 0 radical (unpaired) electrons. The Morgan fingerprint density at radius 2 is 1.96 bits per heavy atom. The maximum Gasteiger partial charge on any atom is 0.433 e. The molecule has 138 valence electrons. The Hall–Kier alpha value is -2.84. The number of rotatable bonds is 3. The van der Waals surface area contributed by atoms with Crippen LogP contribution < -0.4 is 0 Å². The van der Waals surface area contributed by atoms with Crippen LogP contribution in [-0.4, -0.2) is 44.3 Å². The summed E-state index contributed by atoms with van der Waals surface area (Å²) in [5.74, 6) is -1.60. The molecule has 2 aromatic rings. The van der Waals surface area contributed by atoms with Crippen molar-refractivity contribution in [2.75, 3.05) is 6.54 Å². The summed E-state index contributed by atoms with van der Waals surface area (Å²) >= 11 is 0. The smallest absolute Gasteiger partial charge is 0.433 e. The number of halogens is 3. The highest BCUT2D eigenvalue weighted by Crippen LogP contribution is 2.30. The van der Waals surface area contributed by atoms with E-state index in [0.29, 0.717) is 30.5 Å². The molecule has 1 atom stereocenters. The molecule has 1 aliphatic heterocycles. The van der Waals surface area contributed by atoms with Crippen LogP contribution in [0.1, 0.15) is 35.3 Å². The summed E-state index contributed by atoms with van der Waals surface area (Å²) in [6, 6.07) is 5.53. The van der Waals surface area contributed by atoms with Crippen molar-refractivity contribution < 1.29 is 27.9 Å². The molecule has 1 aromatic carbocycles. The van der Waals surface area contributed by atoms with Gasteiger partial charge in [0.2, 0.25) is 0 Å². The molecule has 1 unspecified atom stereocenters. The van der Waals surface area contributed by atoms with E-state index in [4.69, 9.17) is 0 Å². The van der Waals surface area contributed by atoms with Gasteiger partial charge in [-0.25, -0.2) is 9.48 Å². The van der Waals surface area contributed by atoms with Crippen LogP contribution in [0.5, 0.6) is 0 Å². The van der Waals surface area contributed by atoms with E-state index in [1.54, 1.807) is 0 Å². The van der Waals surface area contributed by atoms with Crippen LogP contribution in [0.2, 0.25) is 0 Å². The van der Waals surface area contributed by atoms with Crippen molar-refractivity contribution in [3.8, 4) is 5.69 Å². The average Bonchev–Trinajstić information content (AvgIpc) is 3.11. The minimum atomic E-state index is -4.59. The van der Waals surface area contributed by atoms with Gasteiger partial charge in [0.25, 0.3) is 5.91 Å². The zero-order chi connectivity index (χ0) is 18.9. The molecule has 6 nitrogen and oxygen atoms in total. The number of aliphatic carboxylic acids is 1. The predicted octanol–water partition coefficient (Wildman–Crippen LogP) is 2.97. The number of carboxylic acid groups (broad SMARTS) is 1. The van der Waals surface area contributed by atoms with Gasteiger partial charge in [0, 0.05) is 12.1 Å². The molecule has 3 rings (SSSR count). The Labute approximate surface area is 146 Å². The number of hydrogen-bond acceptors (Lipinski definition) is 3. The minimum absolute atomic E-state index is 0.0806. The van der Waals surface area contributed by atoms with E-state index in [-0.39, 0.29) is 11.3 Å². The van der Waals surface area contributed by atoms with Crippen LogP contribution in [0.4, 0.5) is 13.2 Å². The number of hydrogen-bond donors (Lipinski definition) is 1. The molecular formula is C17H16F3N3O3. The molecule has 1 amide bonds. The second kappa shape index (κ2) is 6.81. The summed E-state index contributed by atoms with van der Waals surface area (Å²) in [5.41, 5.74) is -0.750. The summed E-state index contributed by atoms with van der Waals surface area (Å²) in [6.07, 6.45) is -1.80. The van der Waals surface area contributed by atoms with Crippen LogP contribution in [0.15, 0.2) is 36.5 Å². The van der Waals surface area contributed by atoms with Crippen LogP contribution in [0.25, 0.3) is 5.69 Å². The number of benzene rings is 1. The maximum absolute atomic E-state index is 13.1. The number of nitrogens with zero attached hydrogens (tertiary/aromatic N) is 3. The fourth-order valence-electron chi connectivity index (χ4n) is 3.09. The summed E-state index contributed by atoms with van der Waals surface area (Å²) in [4.78, 5) is 25.4. The maximum atomic E-state index is 13.1. The molecule has 0 bridgehead atoms. The van der Waals surface area contributed by atoms with Gasteiger partial charge in [0.1, 0.15) is 11.7 Å². The molecule has 1 aliphatic rings. The normalized spacial score (nSPS) is 18.0. The van der Waals surface area contributed by atoms with E-state index in [9.17, 15) is 27.9 Å². The van der Waals surface area contributed by atoms with Gasteiger partial charge >= 0.3 is 12.1 Å². The monoisotopic (exact) mass is 367 g/mol. The highest BCUT2D eigenvalue weighted by atomic mass is 19.4. The number of likely N-dealkylation sites (tertiary alicyclic amines) is 1. The van der Waals surface area contributed by atoms with E-state index in [2.05, 4.69) is 5.10 Å². The summed E-state index contributed by atoms with van der Waals surface area (Å²) in [6.45, 7) is 0.301. The van der Waals surface area contributed by atoms with Crippen molar-refractivity contribution in [2.24, 2.45) is 0 Å². The number of carbonyl (C=O) groups excluding carboxylic acids is 1. The number of piperidine rings is 1. The van der Waals surface area contributed by atoms with Gasteiger partial charge in [-0.1, -0.05) is 6.07 Å². The molecule has 9 heteroatoms. The summed E-state index contributed by atoms with van der Waals surface area (Å²) in [7, 11) is 0. The molecule has 1 saturated heterocycles. The quantitative estimate of drug-likeness (QED) is 0.905. The Morgan fingerprint density at radius 1 is 1.19 bits per heavy atom. The van der Waals surface area contributed by atoms with Gasteiger partial charge in [-0.15, -0.1) is 0 Å². The fraction of sp³-hybridized carbons (Fsp3) is 0.353. The first-order valence-corrected chi connectivity index (χ1v) is 8.04. The van der Waals surface area contributed by atoms with Crippen molar-refractivity contribution in [1.82, 2.24) is 14.7 Å². The predicted molar refractivity (Wildman–Crippen MR) is 84.9 cm³/mol.